The predicted molar refractivity (Wildman–Crippen MR) is 72.6 cm³/mol. The van der Waals surface area contributed by atoms with Crippen LogP contribution >= 0.6 is 0 Å². The van der Waals surface area contributed by atoms with Crippen molar-refractivity contribution in [3.63, 3.8) is 0 Å². The summed E-state index contributed by atoms with van der Waals surface area (Å²) in [5, 5.41) is 0. The minimum absolute atomic E-state index is 0.0102. The summed E-state index contributed by atoms with van der Waals surface area (Å²) in [5.74, 6) is 0.0576. The molecule has 3 heteroatoms. The van der Waals surface area contributed by atoms with E-state index >= 15 is 0 Å². The standard InChI is InChI=1S/C16H14O3/c1-11-10-14(12(2)17)8-9-15(11)19-16(18)13-6-4-3-5-7-13/h3-10H,1-2H3. The number of carbonyl (C=O) groups excluding carboxylic acids is 2. The molecule has 19 heavy (non-hydrogen) atoms. The topological polar surface area (TPSA) is 43.4 Å². The van der Waals surface area contributed by atoms with Gasteiger partial charge in [-0.15, -0.1) is 0 Å². The molecule has 0 saturated heterocycles. The Morgan fingerprint density at radius 3 is 2.21 bits per heavy atom. The molecule has 0 aliphatic heterocycles. The van der Waals surface area contributed by atoms with Gasteiger partial charge in [0.25, 0.3) is 0 Å². The van der Waals surface area contributed by atoms with Crippen LogP contribution in [0.1, 0.15) is 33.2 Å². The fourth-order valence-electron chi connectivity index (χ4n) is 1.72. The summed E-state index contributed by atoms with van der Waals surface area (Å²) in [6, 6.07) is 13.8. The molecule has 0 spiro atoms. The number of rotatable bonds is 3. The van der Waals surface area contributed by atoms with Gasteiger partial charge in [-0.2, -0.15) is 0 Å². The SMILES string of the molecule is CC(=O)c1ccc(OC(=O)c2ccccc2)c(C)c1. The van der Waals surface area contributed by atoms with Crippen LogP contribution in [0.3, 0.4) is 0 Å². The summed E-state index contributed by atoms with van der Waals surface area (Å²) >= 11 is 0. The summed E-state index contributed by atoms with van der Waals surface area (Å²) < 4.78 is 5.32. The van der Waals surface area contributed by atoms with Gasteiger partial charge in [0.05, 0.1) is 5.56 Å². The molecule has 0 radical (unpaired) electrons. The van der Waals surface area contributed by atoms with Crippen LogP contribution in [0.2, 0.25) is 0 Å². The average molecular weight is 254 g/mol. The van der Waals surface area contributed by atoms with E-state index < -0.39 is 5.97 Å². The lowest BCUT2D eigenvalue weighted by atomic mass is 10.1. The Hall–Kier alpha value is -2.42. The molecule has 0 fully saturated rings. The summed E-state index contributed by atoms with van der Waals surface area (Å²) in [7, 11) is 0. The molecule has 0 aliphatic rings. The number of hydrogen-bond acceptors (Lipinski definition) is 3. The zero-order valence-corrected chi connectivity index (χ0v) is 10.8. The molecule has 2 aromatic carbocycles. The summed E-state index contributed by atoms with van der Waals surface area (Å²) in [5.41, 5.74) is 1.87. The Labute approximate surface area is 111 Å². The van der Waals surface area contributed by atoms with E-state index in [4.69, 9.17) is 4.74 Å². The first kappa shape index (κ1) is 13.0. The highest BCUT2D eigenvalue weighted by Crippen LogP contribution is 2.20. The Bertz CT molecular complexity index is 615. The van der Waals surface area contributed by atoms with Gasteiger partial charge in [0.1, 0.15) is 5.75 Å². The molecule has 0 N–H and O–H groups in total. The van der Waals surface area contributed by atoms with Gasteiger partial charge in [-0.25, -0.2) is 4.79 Å². The Kier molecular flexibility index (Phi) is 3.76. The molecular formula is C16H14O3. The van der Waals surface area contributed by atoms with Gasteiger partial charge in [0.2, 0.25) is 0 Å². The van der Waals surface area contributed by atoms with E-state index in [-0.39, 0.29) is 5.78 Å². The molecule has 96 valence electrons. The van der Waals surface area contributed by atoms with Crippen LogP contribution in [0.5, 0.6) is 5.75 Å². The zero-order valence-electron chi connectivity index (χ0n) is 10.8. The molecule has 0 amide bonds. The molecule has 0 heterocycles. The first-order valence-corrected chi connectivity index (χ1v) is 5.97. The molecule has 2 aromatic rings. The number of carbonyl (C=O) groups is 2. The van der Waals surface area contributed by atoms with E-state index in [1.54, 1.807) is 49.4 Å². The highest BCUT2D eigenvalue weighted by molar-refractivity contribution is 5.95. The first-order valence-electron chi connectivity index (χ1n) is 5.97. The van der Waals surface area contributed by atoms with Crippen molar-refractivity contribution < 1.29 is 14.3 Å². The summed E-state index contributed by atoms with van der Waals surface area (Å²) in [6.07, 6.45) is 0. The quantitative estimate of drug-likeness (QED) is 0.479. The zero-order chi connectivity index (χ0) is 13.8. The maximum absolute atomic E-state index is 11.9. The number of ether oxygens (including phenoxy) is 1. The maximum Gasteiger partial charge on any atom is 0.343 e. The van der Waals surface area contributed by atoms with Crippen molar-refractivity contribution in [1.82, 2.24) is 0 Å². The molecule has 0 aliphatic carbocycles. The number of benzene rings is 2. The Morgan fingerprint density at radius 1 is 0.947 bits per heavy atom. The van der Waals surface area contributed by atoms with Crippen LogP contribution < -0.4 is 4.74 Å². The minimum atomic E-state index is -0.403. The van der Waals surface area contributed by atoms with E-state index in [2.05, 4.69) is 0 Å². The number of Topliss-reactive ketones (excluding diaryl/α,β-unsaturated/α-hetero) is 1. The largest absolute Gasteiger partial charge is 0.423 e. The van der Waals surface area contributed by atoms with Gasteiger partial charge in [-0.3, -0.25) is 4.79 Å². The fraction of sp³-hybridized carbons (Fsp3) is 0.125. The van der Waals surface area contributed by atoms with Gasteiger partial charge in [-0.1, -0.05) is 18.2 Å². The van der Waals surface area contributed by atoms with E-state index in [9.17, 15) is 9.59 Å². The van der Waals surface area contributed by atoms with Crippen LogP contribution in [0.25, 0.3) is 0 Å². The Morgan fingerprint density at radius 2 is 1.63 bits per heavy atom. The third-order valence-corrected chi connectivity index (χ3v) is 2.79. The van der Waals surface area contributed by atoms with Crippen molar-refractivity contribution in [1.29, 1.82) is 0 Å². The van der Waals surface area contributed by atoms with Crippen molar-refractivity contribution in [3.8, 4) is 5.75 Å². The number of aryl methyl sites for hydroxylation is 1. The third-order valence-electron chi connectivity index (χ3n) is 2.79. The van der Waals surface area contributed by atoms with Crippen LogP contribution in [-0.2, 0) is 0 Å². The predicted octanol–water partition coefficient (Wildman–Crippen LogP) is 3.42. The van der Waals surface area contributed by atoms with Crippen molar-refractivity contribution in [2.75, 3.05) is 0 Å². The molecule has 0 saturated carbocycles. The maximum atomic E-state index is 11.9. The molecular weight excluding hydrogens is 240 g/mol. The highest BCUT2D eigenvalue weighted by Gasteiger charge is 2.10. The summed E-state index contributed by atoms with van der Waals surface area (Å²) in [4.78, 5) is 23.1. The van der Waals surface area contributed by atoms with E-state index in [0.29, 0.717) is 16.9 Å². The highest BCUT2D eigenvalue weighted by atomic mass is 16.5. The van der Waals surface area contributed by atoms with Crippen molar-refractivity contribution in [3.05, 3.63) is 65.2 Å². The van der Waals surface area contributed by atoms with Crippen molar-refractivity contribution in [2.24, 2.45) is 0 Å². The fourth-order valence-corrected chi connectivity index (χ4v) is 1.72. The van der Waals surface area contributed by atoms with Crippen LogP contribution in [0.15, 0.2) is 48.5 Å². The Balaban J connectivity index is 2.20. The number of ketones is 1. The summed E-state index contributed by atoms with van der Waals surface area (Å²) in [6.45, 7) is 3.31. The molecule has 0 atom stereocenters. The average Bonchev–Trinajstić information content (AvgIpc) is 2.41. The monoisotopic (exact) mass is 254 g/mol. The third kappa shape index (κ3) is 3.07. The second-order valence-corrected chi connectivity index (χ2v) is 4.29. The van der Waals surface area contributed by atoms with Crippen LogP contribution in [0.4, 0.5) is 0 Å². The smallest absolute Gasteiger partial charge is 0.343 e. The molecule has 2 rings (SSSR count). The second kappa shape index (κ2) is 5.48. The van der Waals surface area contributed by atoms with Crippen LogP contribution in [0, 0.1) is 6.92 Å². The molecule has 0 bridgehead atoms. The lowest BCUT2D eigenvalue weighted by Crippen LogP contribution is -2.09. The van der Waals surface area contributed by atoms with E-state index in [0.717, 1.165) is 5.56 Å². The van der Waals surface area contributed by atoms with Gasteiger partial charge in [-0.05, 0) is 49.7 Å². The van der Waals surface area contributed by atoms with E-state index in [1.165, 1.54) is 6.92 Å². The number of hydrogen-bond donors (Lipinski definition) is 0. The molecule has 0 aromatic heterocycles. The number of esters is 1. The lowest BCUT2D eigenvalue weighted by Gasteiger charge is -2.08. The van der Waals surface area contributed by atoms with Crippen molar-refractivity contribution in [2.45, 2.75) is 13.8 Å². The second-order valence-electron chi connectivity index (χ2n) is 4.29. The minimum Gasteiger partial charge on any atom is -0.423 e. The van der Waals surface area contributed by atoms with Crippen molar-refractivity contribution >= 4 is 11.8 Å². The van der Waals surface area contributed by atoms with Crippen LogP contribution in [-0.4, -0.2) is 11.8 Å². The van der Waals surface area contributed by atoms with Gasteiger partial charge >= 0.3 is 5.97 Å². The molecule has 3 nitrogen and oxygen atoms in total. The normalized spacial score (nSPS) is 10.0. The van der Waals surface area contributed by atoms with Gasteiger partial charge in [0, 0.05) is 5.56 Å². The molecule has 0 unspecified atom stereocenters. The lowest BCUT2D eigenvalue weighted by molar-refractivity contribution is 0.0733. The van der Waals surface area contributed by atoms with E-state index in [1.807, 2.05) is 6.07 Å². The first-order chi connectivity index (χ1) is 9.08. The van der Waals surface area contributed by atoms with Gasteiger partial charge in [0.15, 0.2) is 5.78 Å². The van der Waals surface area contributed by atoms with Gasteiger partial charge < -0.3 is 4.74 Å².